The number of anilines is 3. The molecule has 0 unspecified atom stereocenters. The minimum atomic E-state index is -0.536. The van der Waals surface area contributed by atoms with E-state index in [-0.39, 0.29) is 24.4 Å². The summed E-state index contributed by atoms with van der Waals surface area (Å²) < 4.78 is 14.3. The molecule has 1 saturated heterocycles. The van der Waals surface area contributed by atoms with Crippen molar-refractivity contribution < 1.29 is 14.3 Å². The smallest absolute Gasteiger partial charge is 0.246 e. The molecule has 1 aromatic heterocycles. The number of carbonyl (C=O) groups is 1. The fourth-order valence-corrected chi connectivity index (χ4v) is 4.12. The summed E-state index contributed by atoms with van der Waals surface area (Å²) >= 11 is 0. The molecule has 0 radical (unpaired) electrons. The third-order valence-corrected chi connectivity index (χ3v) is 5.66. The van der Waals surface area contributed by atoms with Gasteiger partial charge >= 0.3 is 0 Å². The number of aliphatic hydroxyl groups excluding tert-OH is 1. The van der Waals surface area contributed by atoms with Gasteiger partial charge in [0.25, 0.3) is 0 Å². The van der Waals surface area contributed by atoms with E-state index in [0.29, 0.717) is 25.6 Å². The van der Waals surface area contributed by atoms with Crippen molar-refractivity contribution in [2.45, 2.75) is 32.0 Å². The molecule has 0 bridgehead atoms. The van der Waals surface area contributed by atoms with Crippen LogP contribution in [-0.2, 0) is 17.9 Å². The van der Waals surface area contributed by atoms with Crippen molar-refractivity contribution in [1.29, 1.82) is 0 Å². The minimum Gasteiger partial charge on any atom is -0.395 e. The van der Waals surface area contributed by atoms with Crippen LogP contribution in [0.25, 0.3) is 0 Å². The number of rotatable bonds is 7. The molecule has 9 heteroatoms. The Labute approximate surface area is 180 Å². The van der Waals surface area contributed by atoms with Gasteiger partial charge in [-0.1, -0.05) is 12.6 Å². The summed E-state index contributed by atoms with van der Waals surface area (Å²) in [4.78, 5) is 24.1. The van der Waals surface area contributed by atoms with Crippen molar-refractivity contribution in [1.82, 2.24) is 19.8 Å². The SMILES string of the molecule is C=CC(=O)N1CCC[C@@H](Nc2nc(Nc3ccc4c(c3)CN(CCO)C4)ncc2F)C1. The normalized spacial score (nSPS) is 18.5. The third kappa shape index (κ3) is 5.00. The zero-order chi connectivity index (χ0) is 21.8. The monoisotopic (exact) mass is 426 g/mol. The Balaban J connectivity index is 1.43. The Morgan fingerprint density at radius 1 is 1.35 bits per heavy atom. The highest BCUT2D eigenvalue weighted by Crippen LogP contribution is 2.27. The van der Waals surface area contributed by atoms with Crippen LogP contribution in [0.15, 0.2) is 37.1 Å². The van der Waals surface area contributed by atoms with Crippen LogP contribution in [0, 0.1) is 5.82 Å². The number of aromatic nitrogens is 2. The molecule has 2 aromatic rings. The highest BCUT2D eigenvalue weighted by molar-refractivity contribution is 5.87. The van der Waals surface area contributed by atoms with E-state index in [1.54, 1.807) is 4.90 Å². The van der Waals surface area contributed by atoms with Gasteiger partial charge in [-0.05, 0) is 42.2 Å². The molecule has 3 N–H and O–H groups in total. The molecule has 1 amide bonds. The van der Waals surface area contributed by atoms with E-state index in [9.17, 15) is 9.18 Å². The highest BCUT2D eigenvalue weighted by Gasteiger charge is 2.24. The van der Waals surface area contributed by atoms with Gasteiger partial charge in [-0.15, -0.1) is 0 Å². The Kier molecular flexibility index (Phi) is 6.43. The van der Waals surface area contributed by atoms with Gasteiger partial charge in [-0.2, -0.15) is 4.98 Å². The molecule has 1 atom stereocenters. The van der Waals surface area contributed by atoms with Crippen molar-refractivity contribution in [2.75, 3.05) is 36.9 Å². The number of benzene rings is 1. The number of aliphatic hydroxyl groups is 1. The lowest BCUT2D eigenvalue weighted by atomic mass is 10.1. The summed E-state index contributed by atoms with van der Waals surface area (Å²) in [6, 6.07) is 5.94. The van der Waals surface area contributed by atoms with Gasteiger partial charge in [-0.25, -0.2) is 9.37 Å². The summed E-state index contributed by atoms with van der Waals surface area (Å²) in [5.41, 5.74) is 3.24. The first-order valence-corrected chi connectivity index (χ1v) is 10.5. The molecule has 0 saturated carbocycles. The average molecular weight is 426 g/mol. The molecular weight excluding hydrogens is 399 g/mol. The number of amides is 1. The Bertz CT molecular complexity index is 969. The number of nitrogens with one attached hydrogen (secondary N) is 2. The predicted molar refractivity (Wildman–Crippen MR) is 116 cm³/mol. The van der Waals surface area contributed by atoms with Gasteiger partial charge in [0.05, 0.1) is 12.8 Å². The molecule has 2 aliphatic rings. The van der Waals surface area contributed by atoms with Crippen LogP contribution < -0.4 is 10.6 Å². The van der Waals surface area contributed by atoms with Crippen LogP contribution in [0.4, 0.5) is 21.8 Å². The quantitative estimate of drug-likeness (QED) is 0.585. The number of hydrogen-bond acceptors (Lipinski definition) is 7. The van der Waals surface area contributed by atoms with Crippen LogP contribution in [0.3, 0.4) is 0 Å². The number of β-amino-alcohol motifs (C(OH)–C–C–N with tert-alkyl or cyclic N) is 1. The first-order valence-electron chi connectivity index (χ1n) is 10.5. The second-order valence-corrected chi connectivity index (χ2v) is 7.90. The summed E-state index contributed by atoms with van der Waals surface area (Å²) in [6.07, 6.45) is 4.10. The number of likely N-dealkylation sites (tertiary alicyclic amines) is 1. The zero-order valence-electron chi connectivity index (χ0n) is 17.4. The highest BCUT2D eigenvalue weighted by atomic mass is 19.1. The van der Waals surface area contributed by atoms with Crippen LogP contribution in [0.5, 0.6) is 0 Å². The van der Waals surface area contributed by atoms with Crippen LogP contribution in [-0.4, -0.2) is 63.1 Å². The maximum atomic E-state index is 14.3. The molecule has 1 aromatic carbocycles. The van der Waals surface area contributed by atoms with Gasteiger partial charge < -0.3 is 20.6 Å². The molecule has 0 aliphatic carbocycles. The summed E-state index contributed by atoms with van der Waals surface area (Å²) in [5.74, 6) is -0.243. The lowest BCUT2D eigenvalue weighted by Crippen LogP contribution is -2.44. The van der Waals surface area contributed by atoms with E-state index in [2.05, 4.69) is 32.1 Å². The van der Waals surface area contributed by atoms with E-state index >= 15 is 0 Å². The fraction of sp³-hybridized carbons (Fsp3) is 0.409. The summed E-state index contributed by atoms with van der Waals surface area (Å²) in [7, 11) is 0. The van der Waals surface area contributed by atoms with Gasteiger partial charge in [0.2, 0.25) is 11.9 Å². The Hall–Kier alpha value is -3.04. The first kappa shape index (κ1) is 21.2. The number of halogens is 1. The molecule has 2 aliphatic heterocycles. The number of hydrogen-bond donors (Lipinski definition) is 3. The Morgan fingerprint density at radius 3 is 3.00 bits per heavy atom. The molecule has 164 valence electrons. The standard InChI is InChI=1S/C22H27FN6O2/c1-2-20(31)29-7-3-4-18(14-29)25-21-19(23)11-24-22(27-21)26-17-6-5-15-12-28(8-9-30)13-16(15)10-17/h2,5-6,10-11,18,30H,1,3-4,7-9,12-14H2,(H2,24,25,26,27)/t18-/m1/s1. The lowest BCUT2D eigenvalue weighted by Gasteiger charge is -2.32. The average Bonchev–Trinajstić information content (AvgIpc) is 3.17. The molecular formula is C22H27FN6O2. The molecule has 0 spiro atoms. The van der Waals surface area contributed by atoms with Crippen molar-refractivity contribution in [3.63, 3.8) is 0 Å². The molecule has 31 heavy (non-hydrogen) atoms. The zero-order valence-corrected chi connectivity index (χ0v) is 17.4. The first-order chi connectivity index (χ1) is 15.1. The van der Waals surface area contributed by atoms with Crippen molar-refractivity contribution in [3.05, 3.63) is 54.0 Å². The van der Waals surface area contributed by atoms with Gasteiger partial charge in [0.1, 0.15) is 0 Å². The maximum Gasteiger partial charge on any atom is 0.246 e. The molecule has 4 rings (SSSR count). The van der Waals surface area contributed by atoms with E-state index < -0.39 is 5.82 Å². The van der Waals surface area contributed by atoms with Crippen LogP contribution >= 0.6 is 0 Å². The van der Waals surface area contributed by atoms with E-state index in [1.165, 1.54) is 17.2 Å². The Morgan fingerprint density at radius 2 is 2.19 bits per heavy atom. The maximum absolute atomic E-state index is 14.3. The van der Waals surface area contributed by atoms with Crippen molar-refractivity contribution >= 4 is 23.4 Å². The largest absolute Gasteiger partial charge is 0.395 e. The van der Waals surface area contributed by atoms with Crippen molar-refractivity contribution in [3.8, 4) is 0 Å². The van der Waals surface area contributed by atoms with E-state index in [1.807, 2.05) is 18.2 Å². The third-order valence-electron chi connectivity index (χ3n) is 5.66. The second kappa shape index (κ2) is 9.40. The molecule has 8 nitrogen and oxygen atoms in total. The van der Waals surface area contributed by atoms with Gasteiger partial charge in [-0.3, -0.25) is 9.69 Å². The van der Waals surface area contributed by atoms with E-state index in [0.717, 1.165) is 37.8 Å². The van der Waals surface area contributed by atoms with Gasteiger partial charge in [0.15, 0.2) is 11.6 Å². The number of fused-ring (bicyclic) bond motifs is 1. The minimum absolute atomic E-state index is 0.0904. The van der Waals surface area contributed by atoms with Gasteiger partial charge in [0, 0.05) is 44.5 Å². The van der Waals surface area contributed by atoms with Crippen LogP contribution in [0.1, 0.15) is 24.0 Å². The second-order valence-electron chi connectivity index (χ2n) is 7.90. The molecule has 1 fully saturated rings. The number of nitrogens with zero attached hydrogens (tertiary/aromatic N) is 4. The summed E-state index contributed by atoms with van der Waals surface area (Å²) in [6.45, 7) is 7.07. The lowest BCUT2D eigenvalue weighted by molar-refractivity contribution is -0.127. The van der Waals surface area contributed by atoms with Crippen LogP contribution in [0.2, 0.25) is 0 Å². The number of piperidine rings is 1. The predicted octanol–water partition coefficient (Wildman–Crippen LogP) is 2.26. The topological polar surface area (TPSA) is 93.6 Å². The molecule has 3 heterocycles. The van der Waals surface area contributed by atoms with Crippen molar-refractivity contribution in [2.24, 2.45) is 0 Å². The number of carbonyl (C=O) groups excluding carboxylic acids is 1. The fourth-order valence-electron chi connectivity index (χ4n) is 4.12. The summed E-state index contributed by atoms with van der Waals surface area (Å²) in [5, 5.41) is 15.4. The van der Waals surface area contributed by atoms with E-state index in [4.69, 9.17) is 5.11 Å².